The summed E-state index contributed by atoms with van der Waals surface area (Å²) < 4.78 is 19.8. The topological polar surface area (TPSA) is 53.1 Å². The summed E-state index contributed by atoms with van der Waals surface area (Å²) in [6, 6.07) is 15.4. The molecule has 3 aromatic rings. The predicted octanol–water partition coefficient (Wildman–Crippen LogP) is 4.96. The van der Waals surface area contributed by atoms with Crippen molar-refractivity contribution < 1.29 is 18.7 Å². The Kier molecular flexibility index (Phi) is 9.85. The number of amides is 2. The maximum Gasteiger partial charge on any atom is 0.254 e. The molecular formula is C28H31BrFN3O3S. The molecule has 0 saturated carbocycles. The minimum absolute atomic E-state index is 0.0369. The minimum Gasteiger partial charge on any atom is -0.379 e. The van der Waals surface area contributed by atoms with E-state index in [-0.39, 0.29) is 24.2 Å². The van der Waals surface area contributed by atoms with Crippen LogP contribution in [0.1, 0.15) is 26.4 Å². The van der Waals surface area contributed by atoms with Crippen molar-refractivity contribution in [2.75, 3.05) is 45.9 Å². The number of hydrogen-bond acceptors (Lipinski definition) is 5. The zero-order valence-electron chi connectivity index (χ0n) is 20.9. The van der Waals surface area contributed by atoms with Crippen LogP contribution in [0.15, 0.2) is 64.5 Å². The first-order valence-electron chi connectivity index (χ1n) is 12.3. The van der Waals surface area contributed by atoms with Gasteiger partial charge in [0.15, 0.2) is 0 Å². The zero-order chi connectivity index (χ0) is 26.2. The van der Waals surface area contributed by atoms with Gasteiger partial charge in [0.05, 0.1) is 19.8 Å². The summed E-state index contributed by atoms with van der Waals surface area (Å²) in [5.74, 6) is -0.641. The molecule has 0 radical (unpaired) electrons. The van der Waals surface area contributed by atoms with Gasteiger partial charge in [-0.25, -0.2) is 4.39 Å². The number of thiophene rings is 1. The molecule has 2 heterocycles. The molecule has 1 fully saturated rings. The highest BCUT2D eigenvalue weighted by Crippen LogP contribution is 2.20. The van der Waals surface area contributed by atoms with Gasteiger partial charge in [-0.05, 0) is 65.9 Å². The predicted molar refractivity (Wildman–Crippen MR) is 147 cm³/mol. The van der Waals surface area contributed by atoms with Crippen molar-refractivity contribution in [3.63, 3.8) is 0 Å². The van der Waals surface area contributed by atoms with E-state index in [9.17, 15) is 14.0 Å². The molecule has 1 aliphatic rings. The van der Waals surface area contributed by atoms with Crippen LogP contribution in [0, 0.1) is 12.7 Å². The third kappa shape index (κ3) is 7.95. The normalized spacial score (nSPS) is 13.9. The largest absolute Gasteiger partial charge is 0.379 e. The quantitative estimate of drug-likeness (QED) is 0.336. The van der Waals surface area contributed by atoms with Crippen LogP contribution < -0.4 is 0 Å². The van der Waals surface area contributed by atoms with Crippen molar-refractivity contribution in [3.05, 3.63) is 91.8 Å². The molecular weight excluding hydrogens is 557 g/mol. The molecule has 0 spiro atoms. The molecule has 1 aromatic heterocycles. The summed E-state index contributed by atoms with van der Waals surface area (Å²) in [5, 5.41) is 2.01. The van der Waals surface area contributed by atoms with Crippen LogP contribution in [0.4, 0.5) is 4.39 Å². The molecule has 1 aliphatic heterocycles. The van der Waals surface area contributed by atoms with Gasteiger partial charge in [0.25, 0.3) is 5.91 Å². The third-order valence-corrected chi connectivity index (χ3v) is 7.97. The van der Waals surface area contributed by atoms with Gasteiger partial charge in [-0.3, -0.25) is 14.5 Å². The summed E-state index contributed by atoms with van der Waals surface area (Å²) in [6.45, 7) is 6.82. The Hall–Kier alpha value is -2.59. The van der Waals surface area contributed by atoms with Crippen LogP contribution in [-0.2, 0) is 22.6 Å². The SMILES string of the molecule is Cc1ccsc1CN(Cc1ccc(F)cc1)C(=O)CN(CCN1CCOCC1)C(=O)c1ccc(Br)cc1. The van der Waals surface area contributed by atoms with E-state index < -0.39 is 0 Å². The Morgan fingerprint density at radius 3 is 2.35 bits per heavy atom. The summed E-state index contributed by atoms with van der Waals surface area (Å²) in [6.07, 6.45) is 0. The van der Waals surface area contributed by atoms with E-state index in [1.807, 2.05) is 30.5 Å². The summed E-state index contributed by atoms with van der Waals surface area (Å²) >= 11 is 5.02. The molecule has 0 bridgehead atoms. The fourth-order valence-corrected chi connectivity index (χ4v) is 5.34. The standard InChI is InChI=1S/C28H31BrFN3O3S/c1-21-10-17-37-26(21)19-33(18-22-2-8-25(30)9-3-22)27(34)20-32(12-11-31-13-15-36-16-14-31)28(35)23-4-6-24(29)7-5-23/h2-10,17H,11-16,18-20H2,1H3. The Labute approximate surface area is 229 Å². The molecule has 9 heteroatoms. The molecule has 2 amide bonds. The number of hydrogen-bond donors (Lipinski definition) is 0. The maximum atomic E-state index is 13.7. The van der Waals surface area contributed by atoms with Gasteiger partial charge in [0.1, 0.15) is 12.4 Å². The van der Waals surface area contributed by atoms with E-state index in [1.54, 1.807) is 45.4 Å². The first-order valence-corrected chi connectivity index (χ1v) is 14.0. The van der Waals surface area contributed by atoms with Gasteiger partial charge in [0.2, 0.25) is 5.91 Å². The highest BCUT2D eigenvalue weighted by molar-refractivity contribution is 9.10. The number of rotatable bonds is 10. The third-order valence-electron chi connectivity index (χ3n) is 6.44. The molecule has 0 N–H and O–H groups in total. The first kappa shape index (κ1) is 27.4. The van der Waals surface area contributed by atoms with Crippen molar-refractivity contribution in [1.29, 1.82) is 0 Å². The Bertz CT molecular complexity index is 1180. The molecule has 2 aromatic carbocycles. The zero-order valence-corrected chi connectivity index (χ0v) is 23.3. The number of morpholine rings is 1. The number of benzene rings is 2. The maximum absolute atomic E-state index is 13.7. The molecule has 4 rings (SSSR count). The van der Waals surface area contributed by atoms with E-state index in [1.165, 1.54) is 12.1 Å². The van der Waals surface area contributed by atoms with E-state index in [4.69, 9.17) is 4.74 Å². The lowest BCUT2D eigenvalue weighted by Crippen LogP contribution is -2.47. The Morgan fingerprint density at radius 2 is 1.70 bits per heavy atom. The lowest BCUT2D eigenvalue weighted by molar-refractivity contribution is -0.133. The number of nitrogens with zero attached hydrogens (tertiary/aromatic N) is 3. The van der Waals surface area contributed by atoms with Gasteiger partial charge in [-0.2, -0.15) is 0 Å². The van der Waals surface area contributed by atoms with Crippen molar-refractivity contribution in [3.8, 4) is 0 Å². The summed E-state index contributed by atoms with van der Waals surface area (Å²) in [7, 11) is 0. The fourth-order valence-electron chi connectivity index (χ4n) is 4.16. The highest BCUT2D eigenvalue weighted by atomic mass is 79.9. The number of carbonyl (C=O) groups excluding carboxylic acids is 2. The number of carbonyl (C=O) groups is 2. The van der Waals surface area contributed by atoms with E-state index in [0.717, 1.165) is 33.6 Å². The van der Waals surface area contributed by atoms with Gasteiger partial charge >= 0.3 is 0 Å². The van der Waals surface area contributed by atoms with Crippen LogP contribution in [0.3, 0.4) is 0 Å². The van der Waals surface area contributed by atoms with Crippen LogP contribution >= 0.6 is 27.3 Å². The second-order valence-corrected chi connectivity index (χ2v) is 11.0. The van der Waals surface area contributed by atoms with Crippen molar-refractivity contribution >= 4 is 39.1 Å². The van der Waals surface area contributed by atoms with Crippen LogP contribution in [0.5, 0.6) is 0 Å². The molecule has 196 valence electrons. The number of ether oxygens (including phenoxy) is 1. The van der Waals surface area contributed by atoms with Crippen molar-refractivity contribution in [2.24, 2.45) is 0 Å². The first-order chi connectivity index (χ1) is 17.9. The highest BCUT2D eigenvalue weighted by Gasteiger charge is 2.24. The molecule has 0 aliphatic carbocycles. The van der Waals surface area contributed by atoms with Crippen LogP contribution in [-0.4, -0.2) is 72.5 Å². The molecule has 37 heavy (non-hydrogen) atoms. The number of halogens is 2. The number of aryl methyl sites for hydroxylation is 1. The summed E-state index contributed by atoms with van der Waals surface area (Å²) in [5.41, 5.74) is 2.50. The van der Waals surface area contributed by atoms with E-state index >= 15 is 0 Å². The second kappa shape index (κ2) is 13.3. The van der Waals surface area contributed by atoms with E-state index in [0.29, 0.717) is 45.0 Å². The van der Waals surface area contributed by atoms with Crippen molar-refractivity contribution in [1.82, 2.24) is 14.7 Å². The second-order valence-electron chi connectivity index (χ2n) is 9.09. The van der Waals surface area contributed by atoms with Crippen LogP contribution in [0.25, 0.3) is 0 Å². The van der Waals surface area contributed by atoms with Crippen molar-refractivity contribution in [2.45, 2.75) is 20.0 Å². The molecule has 0 atom stereocenters. The Balaban J connectivity index is 1.53. The fraction of sp³-hybridized carbons (Fsp3) is 0.357. The smallest absolute Gasteiger partial charge is 0.254 e. The van der Waals surface area contributed by atoms with Gasteiger partial charge < -0.3 is 14.5 Å². The van der Waals surface area contributed by atoms with Gasteiger partial charge in [0, 0.05) is 47.6 Å². The molecule has 0 unspecified atom stereocenters. The molecule has 6 nitrogen and oxygen atoms in total. The lowest BCUT2D eigenvalue weighted by Gasteiger charge is -2.31. The lowest BCUT2D eigenvalue weighted by atomic mass is 10.1. The van der Waals surface area contributed by atoms with E-state index in [2.05, 4.69) is 20.8 Å². The average molecular weight is 589 g/mol. The average Bonchev–Trinajstić information content (AvgIpc) is 3.32. The monoisotopic (exact) mass is 587 g/mol. The minimum atomic E-state index is -0.315. The summed E-state index contributed by atoms with van der Waals surface area (Å²) in [4.78, 5) is 34.0. The van der Waals surface area contributed by atoms with Gasteiger partial charge in [-0.1, -0.05) is 28.1 Å². The van der Waals surface area contributed by atoms with Crippen LogP contribution in [0.2, 0.25) is 0 Å². The Morgan fingerprint density at radius 1 is 1.00 bits per heavy atom. The van der Waals surface area contributed by atoms with Gasteiger partial charge in [-0.15, -0.1) is 11.3 Å². The molecule has 1 saturated heterocycles.